The standard InChI is InChI=1S/C16H16ClN3O3S/c17-14-7-6-12(10-18-14)16(22)20-19-15(21)11-24-9-8-23-13-4-2-1-3-5-13/h1-7,10H,8-9,11H2,(H,19,21)(H,20,22). The zero-order valence-corrected chi connectivity index (χ0v) is 14.3. The molecule has 0 radical (unpaired) electrons. The van der Waals surface area contributed by atoms with Gasteiger partial charge in [0.05, 0.1) is 17.9 Å². The molecule has 2 aromatic rings. The fourth-order valence-corrected chi connectivity index (χ4v) is 2.36. The predicted octanol–water partition coefficient (Wildman–Crippen LogP) is 2.31. The highest BCUT2D eigenvalue weighted by Gasteiger charge is 2.07. The quantitative estimate of drug-likeness (QED) is 0.447. The van der Waals surface area contributed by atoms with Gasteiger partial charge >= 0.3 is 0 Å². The summed E-state index contributed by atoms with van der Waals surface area (Å²) in [5.74, 6) is 0.931. The Morgan fingerprint density at radius 2 is 1.92 bits per heavy atom. The highest BCUT2D eigenvalue weighted by molar-refractivity contribution is 7.99. The lowest BCUT2D eigenvalue weighted by molar-refractivity contribution is -0.119. The summed E-state index contributed by atoms with van der Waals surface area (Å²) in [6.07, 6.45) is 1.33. The first-order chi connectivity index (χ1) is 11.6. The third kappa shape index (κ3) is 6.47. The van der Waals surface area contributed by atoms with Gasteiger partial charge in [0.15, 0.2) is 0 Å². The maximum atomic E-state index is 11.8. The van der Waals surface area contributed by atoms with Crippen LogP contribution in [-0.4, -0.2) is 34.9 Å². The number of nitrogens with one attached hydrogen (secondary N) is 2. The number of carbonyl (C=O) groups is 2. The molecule has 0 atom stereocenters. The molecule has 1 aromatic carbocycles. The number of nitrogens with zero attached hydrogens (tertiary/aromatic N) is 1. The van der Waals surface area contributed by atoms with E-state index in [1.54, 1.807) is 0 Å². The molecular weight excluding hydrogens is 350 g/mol. The van der Waals surface area contributed by atoms with Gasteiger partial charge in [0.1, 0.15) is 10.9 Å². The first kappa shape index (κ1) is 18.1. The molecule has 1 aromatic heterocycles. The normalized spacial score (nSPS) is 10.0. The van der Waals surface area contributed by atoms with Crippen LogP contribution in [0.25, 0.3) is 0 Å². The summed E-state index contributed by atoms with van der Waals surface area (Å²) < 4.78 is 5.51. The summed E-state index contributed by atoms with van der Waals surface area (Å²) in [6.45, 7) is 0.505. The van der Waals surface area contributed by atoms with E-state index in [9.17, 15) is 9.59 Å². The Labute approximate surface area is 148 Å². The molecule has 0 bridgehead atoms. The van der Waals surface area contributed by atoms with Crippen LogP contribution in [0.4, 0.5) is 0 Å². The van der Waals surface area contributed by atoms with Crippen LogP contribution in [-0.2, 0) is 4.79 Å². The van der Waals surface area contributed by atoms with Gasteiger partial charge in [-0.1, -0.05) is 29.8 Å². The molecule has 2 rings (SSSR count). The van der Waals surface area contributed by atoms with Crippen molar-refractivity contribution >= 4 is 35.2 Å². The van der Waals surface area contributed by atoms with E-state index in [0.717, 1.165) is 5.75 Å². The van der Waals surface area contributed by atoms with Crippen LogP contribution < -0.4 is 15.6 Å². The molecule has 1 heterocycles. The molecule has 126 valence electrons. The third-order valence-electron chi connectivity index (χ3n) is 2.78. The lowest BCUT2D eigenvalue weighted by atomic mass is 10.3. The summed E-state index contributed by atoms with van der Waals surface area (Å²) in [5.41, 5.74) is 4.97. The summed E-state index contributed by atoms with van der Waals surface area (Å²) in [7, 11) is 0. The zero-order valence-electron chi connectivity index (χ0n) is 12.7. The van der Waals surface area contributed by atoms with Gasteiger partial charge in [-0.2, -0.15) is 0 Å². The second kappa shape index (κ2) is 9.79. The summed E-state index contributed by atoms with van der Waals surface area (Å²) in [5, 5.41) is 0.296. The van der Waals surface area contributed by atoms with Crippen molar-refractivity contribution in [3.05, 3.63) is 59.4 Å². The van der Waals surface area contributed by atoms with Crippen molar-refractivity contribution in [2.45, 2.75) is 0 Å². The minimum atomic E-state index is -0.454. The van der Waals surface area contributed by atoms with E-state index < -0.39 is 5.91 Å². The van der Waals surface area contributed by atoms with E-state index in [2.05, 4.69) is 15.8 Å². The smallest absolute Gasteiger partial charge is 0.271 e. The largest absolute Gasteiger partial charge is 0.493 e. The van der Waals surface area contributed by atoms with Crippen LogP contribution in [0.5, 0.6) is 5.75 Å². The first-order valence-electron chi connectivity index (χ1n) is 7.11. The Kier molecular flexibility index (Phi) is 7.38. The molecule has 6 nitrogen and oxygen atoms in total. The Hall–Kier alpha value is -2.25. The van der Waals surface area contributed by atoms with Gasteiger partial charge in [0.2, 0.25) is 5.91 Å². The number of halogens is 1. The second-order valence-electron chi connectivity index (χ2n) is 4.59. The number of para-hydroxylation sites is 1. The van der Waals surface area contributed by atoms with E-state index in [-0.39, 0.29) is 11.7 Å². The number of ether oxygens (including phenoxy) is 1. The van der Waals surface area contributed by atoms with Crippen LogP contribution in [0, 0.1) is 0 Å². The maximum absolute atomic E-state index is 11.8. The number of hydrogen-bond acceptors (Lipinski definition) is 5. The van der Waals surface area contributed by atoms with Crippen molar-refractivity contribution in [2.24, 2.45) is 0 Å². The van der Waals surface area contributed by atoms with Gasteiger partial charge in [-0.25, -0.2) is 4.98 Å². The average Bonchev–Trinajstić information content (AvgIpc) is 2.61. The first-order valence-corrected chi connectivity index (χ1v) is 8.65. The molecule has 0 aliphatic carbocycles. The number of thioether (sulfide) groups is 1. The third-order valence-corrected chi connectivity index (χ3v) is 3.92. The summed E-state index contributed by atoms with van der Waals surface area (Å²) in [6, 6.07) is 12.5. The fraction of sp³-hybridized carbons (Fsp3) is 0.188. The molecule has 2 N–H and O–H groups in total. The van der Waals surface area contributed by atoms with Crippen LogP contribution >= 0.6 is 23.4 Å². The maximum Gasteiger partial charge on any atom is 0.271 e. The monoisotopic (exact) mass is 365 g/mol. The van der Waals surface area contributed by atoms with Gasteiger partial charge in [0.25, 0.3) is 5.91 Å². The van der Waals surface area contributed by atoms with Crippen LogP contribution in [0.2, 0.25) is 5.15 Å². The molecule has 0 spiro atoms. The molecule has 0 aliphatic heterocycles. The van der Waals surface area contributed by atoms with Crippen molar-refractivity contribution in [3.8, 4) is 5.75 Å². The van der Waals surface area contributed by atoms with E-state index >= 15 is 0 Å². The SMILES string of the molecule is O=C(CSCCOc1ccccc1)NNC(=O)c1ccc(Cl)nc1. The second-order valence-corrected chi connectivity index (χ2v) is 6.08. The minimum Gasteiger partial charge on any atom is -0.493 e. The van der Waals surface area contributed by atoms with E-state index in [1.807, 2.05) is 30.3 Å². The highest BCUT2D eigenvalue weighted by atomic mass is 35.5. The fourth-order valence-electron chi connectivity index (χ4n) is 1.64. The topological polar surface area (TPSA) is 80.3 Å². The summed E-state index contributed by atoms with van der Waals surface area (Å²) in [4.78, 5) is 27.2. The number of hydrazine groups is 1. The average molecular weight is 366 g/mol. The molecular formula is C16H16ClN3O3S. The number of rotatable bonds is 7. The Bertz CT molecular complexity index is 668. The van der Waals surface area contributed by atoms with E-state index in [1.165, 1.54) is 30.1 Å². The number of amides is 2. The van der Waals surface area contributed by atoms with Crippen LogP contribution in [0.15, 0.2) is 48.7 Å². The Balaban J connectivity index is 1.58. The predicted molar refractivity (Wildman–Crippen MR) is 94.1 cm³/mol. The molecule has 0 saturated carbocycles. The van der Waals surface area contributed by atoms with Crippen molar-refractivity contribution in [2.75, 3.05) is 18.1 Å². The molecule has 0 fully saturated rings. The van der Waals surface area contributed by atoms with E-state index in [4.69, 9.17) is 16.3 Å². The lowest BCUT2D eigenvalue weighted by Gasteiger charge is -2.08. The minimum absolute atomic E-state index is 0.220. The number of benzene rings is 1. The highest BCUT2D eigenvalue weighted by Crippen LogP contribution is 2.09. The molecule has 8 heteroatoms. The molecule has 2 amide bonds. The number of carbonyl (C=O) groups excluding carboxylic acids is 2. The van der Waals surface area contributed by atoms with Crippen LogP contribution in [0.1, 0.15) is 10.4 Å². The zero-order chi connectivity index (χ0) is 17.2. The van der Waals surface area contributed by atoms with Gasteiger partial charge in [-0.05, 0) is 24.3 Å². The van der Waals surface area contributed by atoms with Crippen LogP contribution in [0.3, 0.4) is 0 Å². The van der Waals surface area contributed by atoms with Crippen molar-refractivity contribution < 1.29 is 14.3 Å². The summed E-state index contributed by atoms with van der Waals surface area (Å²) >= 11 is 7.05. The Morgan fingerprint density at radius 1 is 1.12 bits per heavy atom. The molecule has 0 unspecified atom stereocenters. The number of aromatic nitrogens is 1. The van der Waals surface area contributed by atoms with Gasteiger partial charge in [-0.15, -0.1) is 11.8 Å². The molecule has 0 saturated heterocycles. The van der Waals surface area contributed by atoms with Crippen molar-refractivity contribution in [1.29, 1.82) is 0 Å². The lowest BCUT2D eigenvalue weighted by Crippen LogP contribution is -2.42. The number of hydrogen-bond donors (Lipinski definition) is 2. The van der Waals surface area contributed by atoms with Gasteiger partial charge in [0, 0.05) is 11.9 Å². The van der Waals surface area contributed by atoms with Gasteiger partial charge in [-0.3, -0.25) is 20.4 Å². The van der Waals surface area contributed by atoms with Crippen molar-refractivity contribution in [1.82, 2.24) is 15.8 Å². The molecule has 0 aliphatic rings. The van der Waals surface area contributed by atoms with E-state index in [0.29, 0.717) is 23.1 Å². The Morgan fingerprint density at radius 3 is 2.62 bits per heavy atom. The van der Waals surface area contributed by atoms with Gasteiger partial charge < -0.3 is 4.74 Å². The molecule has 24 heavy (non-hydrogen) atoms. The number of pyridine rings is 1. The van der Waals surface area contributed by atoms with Crippen molar-refractivity contribution in [3.63, 3.8) is 0 Å².